The Balaban J connectivity index is 2.17. The van der Waals surface area contributed by atoms with Gasteiger partial charge in [0.1, 0.15) is 5.69 Å². The monoisotopic (exact) mass is 309 g/mol. The number of benzene rings is 1. The molecule has 0 N–H and O–H groups in total. The van der Waals surface area contributed by atoms with Crippen molar-refractivity contribution in [3.63, 3.8) is 0 Å². The lowest BCUT2D eigenvalue weighted by Crippen LogP contribution is -2.06. The smallest absolute Gasteiger partial charge is 0.238 e. The van der Waals surface area contributed by atoms with E-state index in [0.717, 1.165) is 24.1 Å². The Morgan fingerprint density at radius 2 is 1.87 bits per heavy atom. The molecule has 3 aromatic rings. The SMILES string of the molecule is CCc1c(OC)nc2nc(C(=O)c3ccccc3)cn2c1CC. The second-order valence-electron chi connectivity index (χ2n) is 5.24. The molecule has 0 aliphatic heterocycles. The number of aryl methyl sites for hydroxylation is 1. The molecule has 3 rings (SSSR count). The molecule has 0 aliphatic rings. The van der Waals surface area contributed by atoms with E-state index in [1.165, 1.54) is 0 Å². The van der Waals surface area contributed by atoms with Gasteiger partial charge in [-0.2, -0.15) is 4.98 Å². The second kappa shape index (κ2) is 6.20. The molecule has 0 radical (unpaired) electrons. The summed E-state index contributed by atoms with van der Waals surface area (Å²) in [5.74, 6) is 0.978. The van der Waals surface area contributed by atoms with Crippen molar-refractivity contribution in [2.75, 3.05) is 7.11 Å². The molecule has 0 atom stereocenters. The molecule has 0 unspecified atom stereocenters. The van der Waals surface area contributed by atoms with Gasteiger partial charge in [0, 0.05) is 23.0 Å². The van der Waals surface area contributed by atoms with Crippen LogP contribution in [0.3, 0.4) is 0 Å². The summed E-state index contributed by atoms with van der Waals surface area (Å²) < 4.78 is 7.29. The first-order chi connectivity index (χ1) is 11.2. The topological polar surface area (TPSA) is 56.5 Å². The molecule has 0 spiro atoms. The molecule has 5 nitrogen and oxygen atoms in total. The molecule has 118 valence electrons. The van der Waals surface area contributed by atoms with Crippen molar-refractivity contribution in [1.29, 1.82) is 0 Å². The van der Waals surface area contributed by atoms with Crippen LogP contribution in [0.4, 0.5) is 0 Å². The summed E-state index contributed by atoms with van der Waals surface area (Å²) in [6.45, 7) is 4.14. The molecule has 0 bridgehead atoms. The number of ketones is 1. The van der Waals surface area contributed by atoms with Gasteiger partial charge < -0.3 is 4.74 Å². The third kappa shape index (κ3) is 2.59. The summed E-state index contributed by atoms with van der Waals surface area (Å²) in [4.78, 5) is 21.4. The van der Waals surface area contributed by atoms with Crippen molar-refractivity contribution in [3.8, 4) is 5.88 Å². The summed E-state index contributed by atoms with van der Waals surface area (Å²) >= 11 is 0. The predicted octanol–water partition coefficient (Wildman–Crippen LogP) is 3.09. The van der Waals surface area contributed by atoms with Crippen LogP contribution in [0.5, 0.6) is 5.88 Å². The molecule has 0 saturated heterocycles. The van der Waals surface area contributed by atoms with Crippen molar-refractivity contribution in [2.24, 2.45) is 0 Å². The zero-order valence-electron chi connectivity index (χ0n) is 13.5. The van der Waals surface area contributed by atoms with Crippen LogP contribution in [0.2, 0.25) is 0 Å². The third-order valence-electron chi connectivity index (χ3n) is 3.94. The lowest BCUT2D eigenvalue weighted by Gasteiger charge is -2.12. The van der Waals surface area contributed by atoms with Crippen LogP contribution in [0.15, 0.2) is 36.5 Å². The first-order valence-electron chi connectivity index (χ1n) is 7.74. The maximum absolute atomic E-state index is 12.6. The summed E-state index contributed by atoms with van der Waals surface area (Å²) in [6.07, 6.45) is 3.40. The zero-order valence-corrected chi connectivity index (χ0v) is 13.5. The first-order valence-corrected chi connectivity index (χ1v) is 7.74. The van der Waals surface area contributed by atoms with Gasteiger partial charge in [0.05, 0.1) is 7.11 Å². The van der Waals surface area contributed by atoms with Crippen molar-refractivity contribution < 1.29 is 9.53 Å². The molecule has 2 heterocycles. The maximum atomic E-state index is 12.6. The summed E-state index contributed by atoms with van der Waals surface area (Å²) in [5, 5.41) is 0. The van der Waals surface area contributed by atoms with Gasteiger partial charge in [0.2, 0.25) is 17.4 Å². The quantitative estimate of drug-likeness (QED) is 0.680. The number of fused-ring (bicyclic) bond motifs is 1. The van der Waals surface area contributed by atoms with E-state index in [4.69, 9.17) is 4.74 Å². The van der Waals surface area contributed by atoms with Crippen LogP contribution in [0.1, 0.15) is 41.2 Å². The lowest BCUT2D eigenvalue weighted by atomic mass is 10.1. The number of nitrogens with zero attached hydrogens (tertiary/aromatic N) is 3. The highest BCUT2D eigenvalue weighted by molar-refractivity contribution is 6.07. The van der Waals surface area contributed by atoms with E-state index in [0.29, 0.717) is 22.9 Å². The number of aromatic nitrogens is 3. The van der Waals surface area contributed by atoms with Gasteiger partial charge in [0.25, 0.3) is 0 Å². The van der Waals surface area contributed by atoms with Crippen molar-refractivity contribution in [3.05, 3.63) is 59.0 Å². The minimum Gasteiger partial charge on any atom is -0.481 e. The van der Waals surface area contributed by atoms with Gasteiger partial charge in [-0.05, 0) is 12.8 Å². The number of methoxy groups -OCH3 is 1. The Morgan fingerprint density at radius 3 is 2.48 bits per heavy atom. The highest BCUT2D eigenvalue weighted by Crippen LogP contribution is 2.23. The van der Waals surface area contributed by atoms with Crippen molar-refractivity contribution in [1.82, 2.24) is 14.4 Å². The Kier molecular flexibility index (Phi) is 4.10. The Hall–Kier alpha value is -2.69. The van der Waals surface area contributed by atoms with E-state index in [1.54, 1.807) is 25.4 Å². The van der Waals surface area contributed by atoms with E-state index in [2.05, 4.69) is 23.8 Å². The summed E-state index contributed by atoms with van der Waals surface area (Å²) in [5.41, 5.74) is 3.15. The molecular weight excluding hydrogens is 290 g/mol. The molecule has 2 aromatic heterocycles. The molecule has 0 fully saturated rings. The highest BCUT2D eigenvalue weighted by Gasteiger charge is 2.18. The Labute approximate surface area is 135 Å². The molecule has 23 heavy (non-hydrogen) atoms. The van der Waals surface area contributed by atoms with Gasteiger partial charge in [-0.1, -0.05) is 44.2 Å². The van der Waals surface area contributed by atoms with E-state index in [-0.39, 0.29) is 5.78 Å². The predicted molar refractivity (Wildman–Crippen MR) is 88.2 cm³/mol. The van der Waals surface area contributed by atoms with Crippen LogP contribution in [0.25, 0.3) is 5.78 Å². The standard InChI is InChI=1S/C18H19N3O2/c1-4-13-15(5-2)21-11-14(19-18(21)20-17(13)23-3)16(22)12-9-7-6-8-10-12/h6-11H,4-5H2,1-3H3. The van der Waals surface area contributed by atoms with Gasteiger partial charge in [-0.3, -0.25) is 9.20 Å². The fraction of sp³-hybridized carbons (Fsp3) is 0.278. The Morgan fingerprint density at radius 1 is 1.13 bits per heavy atom. The minimum absolute atomic E-state index is 0.102. The van der Waals surface area contributed by atoms with Crippen LogP contribution in [0, 0.1) is 0 Å². The fourth-order valence-corrected chi connectivity index (χ4v) is 2.83. The van der Waals surface area contributed by atoms with E-state index >= 15 is 0 Å². The van der Waals surface area contributed by atoms with Crippen LogP contribution in [-0.2, 0) is 12.8 Å². The van der Waals surface area contributed by atoms with Gasteiger partial charge >= 0.3 is 0 Å². The number of imidazole rings is 1. The van der Waals surface area contributed by atoms with Gasteiger partial charge in [-0.15, -0.1) is 0 Å². The maximum Gasteiger partial charge on any atom is 0.238 e. The second-order valence-corrected chi connectivity index (χ2v) is 5.24. The van der Waals surface area contributed by atoms with Crippen molar-refractivity contribution >= 4 is 11.6 Å². The number of hydrogen-bond acceptors (Lipinski definition) is 4. The van der Waals surface area contributed by atoms with E-state index < -0.39 is 0 Å². The summed E-state index contributed by atoms with van der Waals surface area (Å²) in [7, 11) is 1.61. The molecule has 1 aromatic carbocycles. The fourth-order valence-electron chi connectivity index (χ4n) is 2.83. The highest BCUT2D eigenvalue weighted by atomic mass is 16.5. The zero-order chi connectivity index (χ0) is 16.4. The number of hydrogen-bond donors (Lipinski definition) is 0. The number of rotatable bonds is 5. The average Bonchev–Trinajstić information content (AvgIpc) is 3.03. The first kappa shape index (κ1) is 15.2. The van der Waals surface area contributed by atoms with Gasteiger partial charge in [0.15, 0.2) is 0 Å². The molecular formula is C18H19N3O2. The minimum atomic E-state index is -0.102. The van der Waals surface area contributed by atoms with E-state index in [1.807, 2.05) is 22.6 Å². The number of carbonyl (C=O) groups excluding carboxylic acids is 1. The number of carbonyl (C=O) groups is 1. The van der Waals surface area contributed by atoms with Crippen LogP contribution < -0.4 is 4.74 Å². The van der Waals surface area contributed by atoms with Crippen LogP contribution >= 0.6 is 0 Å². The van der Waals surface area contributed by atoms with Crippen LogP contribution in [-0.4, -0.2) is 27.3 Å². The molecule has 0 amide bonds. The molecule has 5 heteroatoms. The Bertz CT molecular complexity index is 854. The molecule has 0 saturated carbocycles. The lowest BCUT2D eigenvalue weighted by molar-refractivity contribution is 0.103. The normalized spacial score (nSPS) is 10.9. The molecule has 0 aliphatic carbocycles. The largest absolute Gasteiger partial charge is 0.481 e. The van der Waals surface area contributed by atoms with Gasteiger partial charge in [-0.25, -0.2) is 4.98 Å². The average molecular weight is 309 g/mol. The van der Waals surface area contributed by atoms with Crippen molar-refractivity contribution in [2.45, 2.75) is 26.7 Å². The van der Waals surface area contributed by atoms with E-state index in [9.17, 15) is 4.79 Å². The third-order valence-corrected chi connectivity index (χ3v) is 3.94. The number of ether oxygens (including phenoxy) is 1. The summed E-state index contributed by atoms with van der Waals surface area (Å²) in [6, 6.07) is 9.15.